The predicted molar refractivity (Wildman–Crippen MR) is 74.7 cm³/mol. The molecule has 0 radical (unpaired) electrons. The monoisotopic (exact) mass is 279 g/mol. The second kappa shape index (κ2) is 6.17. The van der Waals surface area contributed by atoms with Crippen LogP contribution in [0.4, 0.5) is 5.95 Å². The number of nitrogens with zero attached hydrogens (tertiary/aromatic N) is 3. The lowest BCUT2D eigenvalue weighted by atomic mass is 9.92. The average molecular weight is 279 g/mol. The van der Waals surface area contributed by atoms with Crippen LogP contribution in [0.15, 0.2) is 6.07 Å². The summed E-state index contributed by atoms with van der Waals surface area (Å²) in [5.74, 6) is 0.446. The van der Waals surface area contributed by atoms with Crippen LogP contribution in [0.5, 0.6) is 0 Å². The van der Waals surface area contributed by atoms with Crippen molar-refractivity contribution >= 4 is 11.9 Å². The molecule has 0 bridgehead atoms. The molecule has 0 saturated carbocycles. The first kappa shape index (κ1) is 14.7. The minimum Gasteiger partial charge on any atom is -0.464 e. The van der Waals surface area contributed by atoms with E-state index < -0.39 is 5.97 Å². The van der Waals surface area contributed by atoms with Crippen molar-refractivity contribution in [1.82, 2.24) is 9.97 Å². The zero-order chi connectivity index (χ0) is 14.7. The van der Waals surface area contributed by atoms with E-state index in [9.17, 15) is 9.90 Å². The second-order valence-electron chi connectivity index (χ2n) is 5.25. The number of hydrogen-bond acceptors (Lipinski definition) is 6. The Balaban J connectivity index is 2.13. The standard InChI is InChI=1S/C14H21N3O3/c1-9-8-12(13(19)20-3)16-14(15-9)17-6-4-11(5-7-17)10(2)18/h8,10-11,18H,4-7H2,1-3H3/t10-/m0/s1. The summed E-state index contributed by atoms with van der Waals surface area (Å²) in [6.45, 7) is 5.25. The van der Waals surface area contributed by atoms with E-state index in [1.54, 1.807) is 6.07 Å². The van der Waals surface area contributed by atoms with Crippen molar-refractivity contribution in [3.05, 3.63) is 17.5 Å². The number of ether oxygens (including phenoxy) is 1. The minimum absolute atomic E-state index is 0.277. The Morgan fingerprint density at radius 2 is 2.10 bits per heavy atom. The molecule has 1 aromatic heterocycles. The van der Waals surface area contributed by atoms with Gasteiger partial charge in [-0.2, -0.15) is 0 Å². The van der Waals surface area contributed by atoms with Crippen LogP contribution in [0.1, 0.15) is 35.9 Å². The predicted octanol–water partition coefficient (Wildman–Crippen LogP) is 1.17. The normalized spacial score (nSPS) is 17.9. The molecule has 0 unspecified atom stereocenters. The molecule has 6 nitrogen and oxygen atoms in total. The van der Waals surface area contributed by atoms with Crippen LogP contribution in [0, 0.1) is 12.8 Å². The third-order valence-electron chi connectivity index (χ3n) is 3.74. The number of esters is 1. The first-order chi connectivity index (χ1) is 9.51. The van der Waals surface area contributed by atoms with Gasteiger partial charge in [-0.3, -0.25) is 0 Å². The van der Waals surface area contributed by atoms with Gasteiger partial charge in [-0.1, -0.05) is 0 Å². The van der Waals surface area contributed by atoms with Gasteiger partial charge in [-0.25, -0.2) is 14.8 Å². The van der Waals surface area contributed by atoms with Gasteiger partial charge in [0.2, 0.25) is 5.95 Å². The number of anilines is 1. The smallest absolute Gasteiger partial charge is 0.356 e. The van der Waals surface area contributed by atoms with Crippen LogP contribution in [0.25, 0.3) is 0 Å². The number of aliphatic hydroxyl groups is 1. The Hall–Kier alpha value is -1.69. The molecule has 20 heavy (non-hydrogen) atoms. The maximum atomic E-state index is 11.6. The number of carbonyl (C=O) groups excluding carboxylic acids is 1. The van der Waals surface area contributed by atoms with Crippen molar-refractivity contribution in [3.8, 4) is 0 Å². The molecule has 0 spiro atoms. The summed E-state index contributed by atoms with van der Waals surface area (Å²) >= 11 is 0. The molecular formula is C14H21N3O3. The molecule has 1 aromatic rings. The Bertz CT molecular complexity index is 483. The van der Waals surface area contributed by atoms with Gasteiger partial charge < -0.3 is 14.7 Å². The molecule has 1 aliphatic rings. The highest BCUT2D eigenvalue weighted by Gasteiger charge is 2.24. The van der Waals surface area contributed by atoms with Crippen LogP contribution in [0.3, 0.4) is 0 Å². The summed E-state index contributed by atoms with van der Waals surface area (Å²) in [6, 6.07) is 1.62. The van der Waals surface area contributed by atoms with Crippen molar-refractivity contribution in [2.45, 2.75) is 32.8 Å². The SMILES string of the molecule is COC(=O)c1cc(C)nc(N2CCC([C@H](C)O)CC2)n1. The topological polar surface area (TPSA) is 75.5 Å². The quantitative estimate of drug-likeness (QED) is 0.837. The average Bonchev–Trinajstić information content (AvgIpc) is 2.45. The maximum Gasteiger partial charge on any atom is 0.356 e. The molecular weight excluding hydrogens is 258 g/mol. The van der Waals surface area contributed by atoms with Gasteiger partial charge in [0.05, 0.1) is 13.2 Å². The fourth-order valence-corrected chi connectivity index (χ4v) is 2.49. The molecule has 2 heterocycles. The number of aromatic nitrogens is 2. The highest BCUT2D eigenvalue weighted by molar-refractivity contribution is 5.87. The molecule has 1 fully saturated rings. The summed E-state index contributed by atoms with van der Waals surface area (Å²) in [5.41, 5.74) is 1.03. The summed E-state index contributed by atoms with van der Waals surface area (Å²) in [6.07, 6.45) is 1.53. The van der Waals surface area contributed by atoms with Gasteiger partial charge in [0, 0.05) is 18.8 Å². The Kier molecular flexibility index (Phi) is 4.54. The van der Waals surface area contributed by atoms with E-state index >= 15 is 0 Å². The summed E-state index contributed by atoms with van der Waals surface area (Å²) in [4.78, 5) is 22.3. The molecule has 0 aliphatic carbocycles. The van der Waals surface area contributed by atoms with Crippen molar-refractivity contribution in [1.29, 1.82) is 0 Å². The lowest BCUT2D eigenvalue weighted by molar-refractivity contribution is 0.0593. The molecule has 0 amide bonds. The first-order valence-electron chi connectivity index (χ1n) is 6.88. The fraction of sp³-hybridized carbons (Fsp3) is 0.643. The number of aliphatic hydroxyl groups excluding tert-OH is 1. The molecule has 6 heteroatoms. The Morgan fingerprint density at radius 1 is 1.45 bits per heavy atom. The highest BCUT2D eigenvalue weighted by atomic mass is 16.5. The van der Waals surface area contributed by atoms with Gasteiger partial charge in [0.15, 0.2) is 5.69 Å². The summed E-state index contributed by atoms with van der Waals surface area (Å²) in [7, 11) is 1.34. The van der Waals surface area contributed by atoms with E-state index in [1.807, 2.05) is 13.8 Å². The minimum atomic E-state index is -0.449. The lowest BCUT2D eigenvalue weighted by Gasteiger charge is -2.33. The molecule has 1 atom stereocenters. The van der Waals surface area contributed by atoms with E-state index in [2.05, 4.69) is 14.9 Å². The highest BCUT2D eigenvalue weighted by Crippen LogP contribution is 2.23. The number of carbonyl (C=O) groups is 1. The molecule has 110 valence electrons. The number of hydrogen-bond donors (Lipinski definition) is 1. The van der Waals surface area contributed by atoms with Gasteiger partial charge in [0.1, 0.15) is 0 Å². The maximum absolute atomic E-state index is 11.6. The van der Waals surface area contributed by atoms with Crippen LogP contribution in [-0.2, 0) is 4.74 Å². The van der Waals surface area contributed by atoms with E-state index in [0.717, 1.165) is 31.6 Å². The first-order valence-corrected chi connectivity index (χ1v) is 6.88. The van der Waals surface area contributed by atoms with E-state index in [-0.39, 0.29) is 11.8 Å². The fourth-order valence-electron chi connectivity index (χ4n) is 2.49. The third-order valence-corrected chi connectivity index (χ3v) is 3.74. The Morgan fingerprint density at radius 3 is 2.65 bits per heavy atom. The van der Waals surface area contributed by atoms with Gasteiger partial charge in [-0.15, -0.1) is 0 Å². The number of piperidine rings is 1. The van der Waals surface area contributed by atoms with Crippen molar-refractivity contribution in [3.63, 3.8) is 0 Å². The summed E-state index contributed by atoms with van der Waals surface area (Å²) < 4.78 is 4.70. The van der Waals surface area contributed by atoms with Crippen LogP contribution in [0.2, 0.25) is 0 Å². The number of rotatable bonds is 3. The van der Waals surface area contributed by atoms with Crippen molar-refractivity contribution in [2.24, 2.45) is 5.92 Å². The zero-order valence-electron chi connectivity index (χ0n) is 12.2. The van der Waals surface area contributed by atoms with Crippen LogP contribution >= 0.6 is 0 Å². The zero-order valence-corrected chi connectivity index (χ0v) is 12.2. The van der Waals surface area contributed by atoms with E-state index in [1.165, 1.54) is 7.11 Å². The molecule has 1 N–H and O–H groups in total. The molecule has 1 aliphatic heterocycles. The second-order valence-corrected chi connectivity index (χ2v) is 5.25. The van der Waals surface area contributed by atoms with Crippen LogP contribution in [-0.4, -0.2) is 47.3 Å². The molecule has 2 rings (SSSR count). The number of aryl methyl sites for hydroxylation is 1. The van der Waals surface area contributed by atoms with Gasteiger partial charge in [-0.05, 0) is 38.7 Å². The number of methoxy groups -OCH3 is 1. The largest absolute Gasteiger partial charge is 0.464 e. The van der Waals surface area contributed by atoms with Crippen molar-refractivity contribution in [2.75, 3.05) is 25.1 Å². The molecule has 1 saturated heterocycles. The summed E-state index contributed by atoms with van der Waals surface area (Å²) in [5, 5.41) is 9.62. The molecule has 0 aromatic carbocycles. The third kappa shape index (κ3) is 3.25. The van der Waals surface area contributed by atoms with E-state index in [4.69, 9.17) is 4.74 Å². The van der Waals surface area contributed by atoms with Crippen LogP contribution < -0.4 is 4.90 Å². The van der Waals surface area contributed by atoms with Gasteiger partial charge in [0.25, 0.3) is 0 Å². The Labute approximate surface area is 118 Å². The van der Waals surface area contributed by atoms with Crippen molar-refractivity contribution < 1.29 is 14.6 Å². The van der Waals surface area contributed by atoms with E-state index in [0.29, 0.717) is 11.9 Å². The van der Waals surface area contributed by atoms with Gasteiger partial charge >= 0.3 is 5.97 Å². The lowest BCUT2D eigenvalue weighted by Crippen LogP contribution is -2.38.